The van der Waals surface area contributed by atoms with Gasteiger partial charge in [-0.25, -0.2) is 0 Å². The van der Waals surface area contributed by atoms with Gasteiger partial charge in [0.05, 0.1) is 10.0 Å². The highest BCUT2D eigenvalue weighted by molar-refractivity contribution is 6.42. The molecule has 1 atom stereocenters. The number of hydrogen-bond donors (Lipinski definition) is 1. The van der Waals surface area contributed by atoms with Crippen LogP contribution in [0.2, 0.25) is 10.0 Å². The van der Waals surface area contributed by atoms with E-state index < -0.39 is 0 Å². The zero-order valence-electron chi connectivity index (χ0n) is 10.8. The molecule has 100 valence electrons. The van der Waals surface area contributed by atoms with E-state index in [1.807, 2.05) is 18.2 Å². The van der Waals surface area contributed by atoms with Gasteiger partial charge in [0.1, 0.15) is 0 Å². The minimum Gasteiger partial charge on any atom is -0.311 e. The Balaban J connectivity index is 1.83. The van der Waals surface area contributed by atoms with Crippen molar-refractivity contribution in [1.82, 2.24) is 10.2 Å². The van der Waals surface area contributed by atoms with Gasteiger partial charge in [0, 0.05) is 19.1 Å². The number of nitrogens with zero attached hydrogens (tertiary/aromatic N) is 1. The number of hydrogen-bond acceptors (Lipinski definition) is 2. The normalized spacial score (nSPS) is 20.5. The summed E-state index contributed by atoms with van der Waals surface area (Å²) < 4.78 is 0. The van der Waals surface area contributed by atoms with Gasteiger partial charge in [-0.15, -0.1) is 0 Å². The lowest BCUT2D eigenvalue weighted by atomic mass is 10.2. The summed E-state index contributed by atoms with van der Waals surface area (Å²) >= 11 is 12.2. The molecule has 1 aliphatic rings. The third kappa shape index (κ3) is 3.39. The summed E-state index contributed by atoms with van der Waals surface area (Å²) in [7, 11) is 0. The molecule has 1 heterocycles. The van der Waals surface area contributed by atoms with Crippen LogP contribution in [0, 0.1) is 0 Å². The minimum absolute atomic E-state index is 0.631. The Morgan fingerprint density at radius 2 is 2.22 bits per heavy atom. The van der Waals surface area contributed by atoms with E-state index in [0.29, 0.717) is 16.1 Å². The molecule has 1 aromatic rings. The summed E-state index contributed by atoms with van der Waals surface area (Å²) in [6, 6.07) is 6.46. The van der Waals surface area contributed by atoms with Crippen LogP contribution in [-0.2, 0) is 6.54 Å². The molecule has 1 aromatic carbocycles. The van der Waals surface area contributed by atoms with Gasteiger partial charge in [-0.2, -0.15) is 0 Å². The van der Waals surface area contributed by atoms with Crippen molar-refractivity contribution >= 4 is 23.2 Å². The molecule has 1 saturated heterocycles. The van der Waals surface area contributed by atoms with E-state index >= 15 is 0 Å². The lowest BCUT2D eigenvalue weighted by Crippen LogP contribution is -2.37. The highest BCUT2D eigenvalue weighted by Crippen LogP contribution is 2.25. The van der Waals surface area contributed by atoms with Gasteiger partial charge in [-0.05, 0) is 37.6 Å². The second-order valence-electron chi connectivity index (χ2n) is 4.77. The van der Waals surface area contributed by atoms with Crippen molar-refractivity contribution in [2.24, 2.45) is 0 Å². The van der Waals surface area contributed by atoms with Gasteiger partial charge >= 0.3 is 0 Å². The molecule has 2 rings (SSSR count). The van der Waals surface area contributed by atoms with Crippen molar-refractivity contribution in [3.8, 4) is 0 Å². The van der Waals surface area contributed by atoms with Gasteiger partial charge in [0.15, 0.2) is 0 Å². The lowest BCUT2D eigenvalue weighted by molar-refractivity contribution is 0.260. The van der Waals surface area contributed by atoms with E-state index in [1.54, 1.807) is 0 Å². The Morgan fingerprint density at radius 1 is 1.39 bits per heavy atom. The Hall–Kier alpha value is -0.280. The summed E-state index contributed by atoms with van der Waals surface area (Å²) in [6.45, 7) is 6.42. The monoisotopic (exact) mass is 286 g/mol. The average Bonchev–Trinajstić information content (AvgIpc) is 2.82. The van der Waals surface area contributed by atoms with Crippen LogP contribution in [0.25, 0.3) is 0 Å². The predicted octanol–water partition coefficient (Wildman–Crippen LogP) is 3.57. The smallest absolute Gasteiger partial charge is 0.0637 e. The van der Waals surface area contributed by atoms with Crippen molar-refractivity contribution in [2.75, 3.05) is 19.6 Å². The molecule has 0 spiro atoms. The Bertz CT molecular complexity index is 395. The second-order valence-corrected chi connectivity index (χ2v) is 5.55. The number of nitrogens with one attached hydrogen (secondary N) is 1. The fourth-order valence-corrected chi connectivity index (χ4v) is 2.99. The first kappa shape index (κ1) is 14.1. The van der Waals surface area contributed by atoms with Crippen molar-refractivity contribution in [1.29, 1.82) is 0 Å². The maximum Gasteiger partial charge on any atom is 0.0637 e. The second kappa shape index (κ2) is 6.76. The fraction of sp³-hybridized carbons (Fsp3) is 0.571. The molecule has 1 aliphatic heterocycles. The van der Waals surface area contributed by atoms with E-state index in [-0.39, 0.29) is 0 Å². The number of halogens is 2. The molecule has 1 fully saturated rings. The lowest BCUT2D eigenvalue weighted by Gasteiger charge is -2.23. The van der Waals surface area contributed by atoms with E-state index in [0.717, 1.165) is 25.2 Å². The van der Waals surface area contributed by atoms with E-state index in [2.05, 4.69) is 17.1 Å². The zero-order chi connectivity index (χ0) is 13.0. The van der Waals surface area contributed by atoms with Crippen LogP contribution in [0.3, 0.4) is 0 Å². The first-order chi connectivity index (χ1) is 8.72. The topological polar surface area (TPSA) is 15.3 Å². The predicted molar refractivity (Wildman–Crippen MR) is 78.4 cm³/mol. The molecule has 1 unspecified atom stereocenters. The van der Waals surface area contributed by atoms with Crippen molar-refractivity contribution in [2.45, 2.75) is 32.4 Å². The molecule has 2 nitrogen and oxygen atoms in total. The van der Waals surface area contributed by atoms with E-state index in [9.17, 15) is 0 Å². The van der Waals surface area contributed by atoms with Gasteiger partial charge < -0.3 is 5.32 Å². The first-order valence-electron chi connectivity index (χ1n) is 6.60. The van der Waals surface area contributed by atoms with Crippen LogP contribution in [0.1, 0.15) is 25.3 Å². The Labute approximate surface area is 119 Å². The average molecular weight is 287 g/mol. The third-order valence-electron chi connectivity index (χ3n) is 3.63. The minimum atomic E-state index is 0.631. The van der Waals surface area contributed by atoms with Crippen LogP contribution >= 0.6 is 23.2 Å². The van der Waals surface area contributed by atoms with E-state index in [1.165, 1.54) is 19.4 Å². The van der Waals surface area contributed by atoms with Gasteiger partial charge in [-0.1, -0.05) is 42.3 Å². The molecule has 1 N–H and O–H groups in total. The highest BCUT2D eigenvalue weighted by Gasteiger charge is 2.22. The molecule has 0 bridgehead atoms. The first-order valence-corrected chi connectivity index (χ1v) is 7.35. The standard InChI is InChI=1S/C14H20Cl2N2/c1-2-18-8-4-6-12(18)10-17-9-11-5-3-7-13(15)14(11)16/h3,5,7,12,17H,2,4,6,8-10H2,1H3. The number of likely N-dealkylation sites (tertiary alicyclic amines) is 1. The van der Waals surface area contributed by atoms with Crippen LogP contribution < -0.4 is 5.32 Å². The molecule has 0 amide bonds. The fourth-order valence-electron chi connectivity index (χ4n) is 2.60. The van der Waals surface area contributed by atoms with Gasteiger partial charge in [0.25, 0.3) is 0 Å². The molecule has 0 radical (unpaired) electrons. The quantitative estimate of drug-likeness (QED) is 0.890. The van der Waals surface area contributed by atoms with Crippen molar-refractivity contribution in [3.05, 3.63) is 33.8 Å². The molecule has 0 aliphatic carbocycles. The van der Waals surface area contributed by atoms with Gasteiger partial charge in [0.2, 0.25) is 0 Å². The van der Waals surface area contributed by atoms with Crippen molar-refractivity contribution < 1.29 is 0 Å². The maximum atomic E-state index is 6.16. The third-order valence-corrected chi connectivity index (χ3v) is 4.49. The zero-order valence-corrected chi connectivity index (χ0v) is 12.3. The number of likely N-dealkylation sites (N-methyl/N-ethyl adjacent to an activating group) is 1. The SMILES string of the molecule is CCN1CCCC1CNCc1cccc(Cl)c1Cl. The van der Waals surface area contributed by atoms with Crippen molar-refractivity contribution in [3.63, 3.8) is 0 Å². The molecular weight excluding hydrogens is 267 g/mol. The summed E-state index contributed by atoms with van der Waals surface area (Å²) in [5, 5.41) is 4.79. The molecule has 0 aromatic heterocycles. The molecule has 4 heteroatoms. The Morgan fingerprint density at radius 3 is 3.00 bits per heavy atom. The van der Waals surface area contributed by atoms with Crippen LogP contribution in [0.4, 0.5) is 0 Å². The summed E-state index contributed by atoms with van der Waals surface area (Å²) in [4.78, 5) is 2.53. The molecule has 0 saturated carbocycles. The van der Waals surface area contributed by atoms with E-state index in [4.69, 9.17) is 23.2 Å². The van der Waals surface area contributed by atoms with Crippen LogP contribution in [0.5, 0.6) is 0 Å². The Kier molecular flexibility index (Phi) is 5.31. The highest BCUT2D eigenvalue weighted by atomic mass is 35.5. The van der Waals surface area contributed by atoms with Crippen LogP contribution in [-0.4, -0.2) is 30.6 Å². The maximum absolute atomic E-state index is 6.16. The summed E-state index contributed by atoms with van der Waals surface area (Å²) in [5.74, 6) is 0. The largest absolute Gasteiger partial charge is 0.311 e. The summed E-state index contributed by atoms with van der Waals surface area (Å²) in [6.07, 6.45) is 2.61. The molecule has 18 heavy (non-hydrogen) atoms. The number of rotatable bonds is 5. The van der Waals surface area contributed by atoms with Gasteiger partial charge in [-0.3, -0.25) is 4.90 Å². The molecular formula is C14H20Cl2N2. The van der Waals surface area contributed by atoms with Crippen LogP contribution in [0.15, 0.2) is 18.2 Å². The summed E-state index contributed by atoms with van der Waals surface area (Å²) in [5.41, 5.74) is 1.07. The number of benzene rings is 1.